The van der Waals surface area contributed by atoms with E-state index < -0.39 is 0 Å². The molecule has 1 aliphatic rings. The van der Waals surface area contributed by atoms with Crippen LogP contribution < -0.4 is 9.47 Å². The number of aliphatic imine (C=N–C) groups is 1. The number of hydrogen-bond donors (Lipinski definition) is 0. The van der Waals surface area contributed by atoms with E-state index >= 15 is 0 Å². The van der Waals surface area contributed by atoms with Gasteiger partial charge < -0.3 is 14.2 Å². The zero-order valence-corrected chi connectivity index (χ0v) is 8.80. The van der Waals surface area contributed by atoms with Crippen LogP contribution in [0.3, 0.4) is 0 Å². The van der Waals surface area contributed by atoms with Crippen LogP contribution in [0, 0.1) is 0 Å². The minimum Gasteiger partial charge on any atom is -0.493 e. The topological polar surface area (TPSA) is 57.1 Å². The summed E-state index contributed by atoms with van der Waals surface area (Å²) in [5.41, 5.74) is 0.490. The Kier molecular flexibility index (Phi) is 3.19. The minimum atomic E-state index is 0.0781. The van der Waals surface area contributed by atoms with Crippen LogP contribution in [0.15, 0.2) is 23.2 Å². The summed E-state index contributed by atoms with van der Waals surface area (Å²) < 4.78 is 15.8. The Morgan fingerprint density at radius 1 is 1.44 bits per heavy atom. The van der Waals surface area contributed by atoms with E-state index in [0.29, 0.717) is 30.4 Å². The van der Waals surface area contributed by atoms with Gasteiger partial charge in [-0.3, -0.25) is 0 Å². The molecule has 0 aliphatic carbocycles. The van der Waals surface area contributed by atoms with Crippen molar-refractivity contribution in [3.8, 4) is 11.5 Å². The van der Waals surface area contributed by atoms with E-state index in [4.69, 9.17) is 14.2 Å². The Morgan fingerprint density at radius 3 is 2.81 bits per heavy atom. The van der Waals surface area contributed by atoms with Crippen LogP contribution >= 0.6 is 0 Å². The van der Waals surface area contributed by atoms with Gasteiger partial charge >= 0.3 is 0 Å². The number of isocyanates is 1. The highest BCUT2D eigenvalue weighted by atomic mass is 16.6. The van der Waals surface area contributed by atoms with Crippen molar-refractivity contribution in [2.45, 2.75) is 6.10 Å². The first kappa shape index (κ1) is 10.7. The summed E-state index contributed by atoms with van der Waals surface area (Å²) in [5.74, 6) is 1.17. The van der Waals surface area contributed by atoms with Gasteiger partial charge in [0.2, 0.25) is 6.08 Å². The lowest BCUT2D eigenvalue weighted by Crippen LogP contribution is -2.38. The SMILES string of the molecule is COc1cc(N=C=O)ccc1OC1COC1. The van der Waals surface area contributed by atoms with Gasteiger partial charge in [-0.2, -0.15) is 4.99 Å². The van der Waals surface area contributed by atoms with E-state index in [1.165, 1.54) is 13.2 Å². The lowest BCUT2D eigenvalue weighted by molar-refractivity contribution is -0.0803. The molecule has 16 heavy (non-hydrogen) atoms. The molecule has 0 radical (unpaired) electrons. The lowest BCUT2D eigenvalue weighted by atomic mass is 10.2. The molecule has 1 aliphatic heterocycles. The van der Waals surface area contributed by atoms with Gasteiger partial charge in [-0.25, -0.2) is 4.79 Å². The highest BCUT2D eigenvalue weighted by Gasteiger charge is 2.21. The molecule has 1 saturated heterocycles. The van der Waals surface area contributed by atoms with Crippen molar-refractivity contribution in [3.63, 3.8) is 0 Å². The van der Waals surface area contributed by atoms with Crippen LogP contribution in [0.4, 0.5) is 5.69 Å². The summed E-state index contributed by atoms with van der Waals surface area (Å²) in [7, 11) is 1.54. The normalized spacial score (nSPS) is 14.8. The van der Waals surface area contributed by atoms with Gasteiger partial charge in [0.1, 0.15) is 6.10 Å². The van der Waals surface area contributed by atoms with Gasteiger partial charge in [0.15, 0.2) is 11.5 Å². The van der Waals surface area contributed by atoms with Crippen molar-refractivity contribution in [3.05, 3.63) is 18.2 Å². The Hall–Kier alpha value is -1.84. The quantitative estimate of drug-likeness (QED) is 0.570. The average Bonchev–Trinajstić information content (AvgIpc) is 2.25. The third-order valence-corrected chi connectivity index (χ3v) is 2.22. The highest BCUT2D eigenvalue weighted by Crippen LogP contribution is 2.32. The molecule has 2 rings (SSSR count). The van der Waals surface area contributed by atoms with E-state index in [2.05, 4.69) is 4.99 Å². The predicted octanol–water partition coefficient (Wildman–Crippen LogP) is 1.44. The summed E-state index contributed by atoms with van der Waals surface area (Å²) in [5, 5.41) is 0. The van der Waals surface area contributed by atoms with Crippen LogP contribution in [-0.4, -0.2) is 32.5 Å². The number of ether oxygens (including phenoxy) is 3. The molecular formula is C11H11NO4. The van der Waals surface area contributed by atoms with E-state index in [9.17, 15) is 4.79 Å². The molecule has 1 aromatic carbocycles. The first-order valence-electron chi connectivity index (χ1n) is 4.84. The fraction of sp³-hybridized carbons (Fsp3) is 0.364. The Bertz CT molecular complexity index is 422. The van der Waals surface area contributed by atoms with Crippen LogP contribution in [0.1, 0.15) is 0 Å². The van der Waals surface area contributed by atoms with Crippen molar-refractivity contribution >= 4 is 11.8 Å². The summed E-state index contributed by atoms with van der Waals surface area (Å²) in [6.45, 7) is 1.19. The molecule has 0 bridgehead atoms. The summed E-state index contributed by atoms with van der Waals surface area (Å²) in [6, 6.07) is 5.01. The molecule has 0 amide bonds. The Morgan fingerprint density at radius 2 is 2.25 bits per heavy atom. The zero-order chi connectivity index (χ0) is 11.4. The van der Waals surface area contributed by atoms with Crippen LogP contribution in [0.25, 0.3) is 0 Å². The molecule has 5 heteroatoms. The third kappa shape index (κ3) is 2.21. The first-order chi connectivity index (χ1) is 7.83. The molecule has 1 heterocycles. The Labute approximate surface area is 92.6 Å². The third-order valence-electron chi connectivity index (χ3n) is 2.22. The second-order valence-corrected chi connectivity index (χ2v) is 3.32. The molecule has 0 spiro atoms. The van der Waals surface area contributed by atoms with E-state index in [1.54, 1.807) is 18.2 Å². The lowest BCUT2D eigenvalue weighted by Gasteiger charge is -2.27. The molecule has 1 fully saturated rings. The second-order valence-electron chi connectivity index (χ2n) is 3.32. The first-order valence-corrected chi connectivity index (χ1v) is 4.84. The number of rotatable bonds is 4. The average molecular weight is 221 g/mol. The molecule has 84 valence electrons. The summed E-state index contributed by atoms with van der Waals surface area (Å²) in [4.78, 5) is 13.6. The molecule has 0 saturated carbocycles. The zero-order valence-electron chi connectivity index (χ0n) is 8.80. The van der Waals surface area contributed by atoms with Crippen LogP contribution in [-0.2, 0) is 9.53 Å². The molecule has 1 aromatic rings. The maximum atomic E-state index is 10.1. The molecule has 5 nitrogen and oxygen atoms in total. The standard InChI is InChI=1S/C11H11NO4/c1-14-11-4-8(12-7-13)2-3-10(11)16-9-5-15-6-9/h2-4,9H,5-6H2,1H3. The van der Waals surface area contributed by atoms with Crippen LogP contribution in [0.5, 0.6) is 11.5 Å². The van der Waals surface area contributed by atoms with E-state index in [-0.39, 0.29) is 6.10 Å². The van der Waals surface area contributed by atoms with Gasteiger partial charge in [0.05, 0.1) is 26.0 Å². The van der Waals surface area contributed by atoms with Gasteiger partial charge in [-0.15, -0.1) is 0 Å². The predicted molar refractivity (Wildman–Crippen MR) is 56.0 cm³/mol. The minimum absolute atomic E-state index is 0.0781. The number of carbonyl (C=O) groups excluding carboxylic acids is 1. The van der Waals surface area contributed by atoms with Crippen molar-refractivity contribution in [1.29, 1.82) is 0 Å². The van der Waals surface area contributed by atoms with Gasteiger partial charge in [-0.05, 0) is 12.1 Å². The fourth-order valence-corrected chi connectivity index (χ4v) is 1.34. The largest absolute Gasteiger partial charge is 0.493 e. The summed E-state index contributed by atoms with van der Waals surface area (Å²) in [6.07, 6.45) is 1.55. The van der Waals surface area contributed by atoms with Crippen molar-refractivity contribution < 1.29 is 19.0 Å². The molecule has 0 N–H and O–H groups in total. The van der Waals surface area contributed by atoms with Crippen molar-refractivity contribution in [2.75, 3.05) is 20.3 Å². The van der Waals surface area contributed by atoms with E-state index in [0.717, 1.165) is 0 Å². The fourth-order valence-electron chi connectivity index (χ4n) is 1.34. The monoisotopic (exact) mass is 221 g/mol. The van der Waals surface area contributed by atoms with Gasteiger partial charge in [-0.1, -0.05) is 0 Å². The van der Waals surface area contributed by atoms with Crippen molar-refractivity contribution in [1.82, 2.24) is 0 Å². The van der Waals surface area contributed by atoms with Crippen LogP contribution in [0.2, 0.25) is 0 Å². The maximum absolute atomic E-state index is 10.1. The maximum Gasteiger partial charge on any atom is 0.240 e. The molecular weight excluding hydrogens is 210 g/mol. The van der Waals surface area contributed by atoms with Gasteiger partial charge in [0.25, 0.3) is 0 Å². The highest BCUT2D eigenvalue weighted by molar-refractivity contribution is 5.55. The van der Waals surface area contributed by atoms with Crippen molar-refractivity contribution in [2.24, 2.45) is 4.99 Å². The smallest absolute Gasteiger partial charge is 0.240 e. The molecule has 0 atom stereocenters. The Balaban J connectivity index is 2.19. The summed E-state index contributed by atoms with van der Waals surface area (Å²) >= 11 is 0. The molecule has 0 aromatic heterocycles. The molecule has 0 unspecified atom stereocenters. The number of nitrogens with zero attached hydrogens (tertiary/aromatic N) is 1. The van der Waals surface area contributed by atoms with E-state index in [1.807, 2.05) is 0 Å². The second kappa shape index (κ2) is 4.79. The van der Waals surface area contributed by atoms with Gasteiger partial charge in [0, 0.05) is 6.07 Å². The number of benzene rings is 1. The number of hydrogen-bond acceptors (Lipinski definition) is 5. The number of methoxy groups -OCH3 is 1.